The Morgan fingerprint density at radius 3 is 2.18 bits per heavy atom. The molecule has 64 valence electrons. The zero-order valence-electron chi connectivity index (χ0n) is 7.39. The quantitative estimate of drug-likeness (QED) is 0.570. The minimum Gasteiger partial charge on any atom is -0.352 e. The van der Waals surface area contributed by atoms with E-state index in [4.69, 9.17) is 14.7 Å². The minimum atomic E-state index is -0.677. The van der Waals surface area contributed by atoms with E-state index in [0.717, 1.165) is 12.8 Å². The summed E-state index contributed by atoms with van der Waals surface area (Å²) in [6.45, 7) is 2.03. The molecule has 0 fully saturated rings. The second kappa shape index (κ2) is 5.11. The number of hydrogen-bond donors (Lipinski definition) is 0. The summed E-state index contributed by atoms with van der Waals surface area (Å²) in [4.78, 5) is 0. The van der Waals surface area contributed by atoms with Crippen molar-refractivity contribution in [2.24, 2.45) is 0 Å². The maximum Gasteiger partial charge on any atom is 0.180 e. The van der Waals surface area contributed by atoms with E-state index in [2.05, 4.69) is 0 Å². The molecule has 0 aromatic rings. The normalized spacial score (nSPS) is 11.1. The molecule has 0 bridgehead atoms. The maximum atomic E-state index is 8.48. The molecule has 0 spiro atoms. The fraction of sp³-hybridized carbons (Fsp3) is 0.875. The lowest BCUT2D eigenvalue weighted by Crippen LogP contribution is -2.32. The Morgan fingerprint density at radius 2 is 1.91 bits per heavy atom. The fourth-order valence-electron chi connectivity index (χ4n) is 1.02. The predicted molar refractivity (Wildman–Crippen MR) is 41.9 cm³/mol. The minimum absolute atomic E-state index is 0.286. The van der Waals surface area contributed by atoms with Gasteiger partial charge in [0.05, 0.1) is 12.5 Å². The van der Waals surface area contributed by atoms with Crippen molar-refractivity contribution in [2.45, 2.75) is 32.0 Å². The maximum absolute atomic E-state index is 8.48. The van der Waals surface area contributed by atoms with Crippen molar-refractivity contribution in [1.82, 2.24) is 0 Å². The van der Waals surface area contributed by atoms with Crippen molar-refractivity contribution in [3.63, 3.8) is 0 Å². The van der Waals surface area contributed by atoms with Gasteiger partial charge in [0.15, 0.2) is 5.79 Å². The van der Waals surface area contributed by atoms with Gasteiger partial charge < -0.3 is 9.47 Å². The molecule has 0 aliphatic heterocycles. The first-order valence-corrected chi connectivity index (χ1v) is 3.72. The van der Waals surface area contributed by atoms with E-state index < -0.39 is 5.79 Å². The molecule has 0 unspecified atom stereocenters. The van der Waals surface area contributed by atoms with Crippen LogP contribution in [0.2, 0.25) is 0 Å². The monoisotopic (exact) mass is 157 g/mol. The molecule has 0 N–H and O–H groups in total. The first-order chi connectivity index (χ1) is 5.24. The molecule has 3 nitrogen and oxygen atoms in total. The molecule has 0 saturated heterocycles. The zero-order valence-corrected chi connectivity index (χ0v) is 7.39. The molecule has 0 atom stereocenters. The highest BCUT2D eigenvalue weighted by molar-refractivity contribution is 4.82. The lowest BCUT2D eigenvalue weighted by Gasteiger charge is -2.27. The summed E-state index contributed by atoms with van der Waals surface area (Å²) < 4.78 is 10.2. The largest absolute Gasteiger partial charge is 0.352 e. The number of rotatable bonds is 5. The third kappa shape index (κ3) is 2.87. The Labute approximate surface area is 67.9 Å². The number of nitrogens with zero attached hydrogens (tertiary/aromatic N) is 1. The highest BCUT2D eigenvalue weighted by Gasteiger charge is 2.27. The van der Waals surface area contributed by atoms with Gasteiger partial charge in [0.2, 0.25) is 0 Å². The smallest absolute Gasteiger partial charge is 0.180 e. The van der Waals surface area contributed by atoms with Crippen LogP contribution in [0.15, 0.2) is 0 Å². The summed E-state index contributed by atoms with van der Waals surface area (Å²) in [7, 11) is 3.13. The van der Waals surface area contributed by atoms with Gasteiger partial charge in [-0.15, -0.1) is 0 Å². The molecule has 0 aliphatic rings. The summed E-state index contributed by atoms with van der Waals surface area (Å²) >= 11 is 0. The molecular formula is C8H15NO2. The molecule has 11 heavy (non-hydrogen) atoms. The topological polar surface area (TPSA) is 42.2 Å². The van der Waals surface area contributed by atoms with Gasteiger partial charge >= 0.3 is 0 Å². The van der Waals surface area contributed by atoms with Crippen molar-refractivity contribution < 1.29 is 9.47 Å². The third-order valence-electron chi connectivity index (χ3n) is 1.72. The first-order valence-electron chi connectivity index (χ1n) is 3.72. The van der Waals surface area contributed by atoms with Gasteiger partial charge in [-0.25, -0.2) is 0 Å². The average molecular weight is 157 g/mol. The molecule has 0 aromatic carbocycles. The van der Waals surface area contributed by atoms with Crippen LogP contribution in [0, 0.1) is 11.3 Å². The second-order valence-corrected chi connectivity index (χ2v) is 2.40. The van der Waals surface area contributed by atoms with Crippen LogP contribution in [0.5, 0.6) is 0 Å². The van der Waals surface area contributed by atoms with Gasteiger partial charge in [0.25, 0.3) is 0 Å². The standard InChI is InChI=1S/C8H15NO2/c1-4-5-8(10-2,11-3)6-7-9/h4-6H2,1-3H3. The Balaban J connectivity index is 4.10. The highest BCUT2D eigenvalue weighted by atomic mass is 16.7. The molecule has 0 aliphatic carbocycles. The first kappa shape index (κ1) is 10.4. The molecule has 0 radical (unpaired) electrons. The average Bonchev–Trinajstić information content (AvgIpc) is 2.04. The van der Waals surface area contributed by atoms with Crippen molar-refractivity contribution in [3.8, 4) is 6.07 Å². The molecular weight excluding hydrogens is 142 g/mol. The fourth-order valence-corrected chi connectivity index (χ4v) is 1.02. The van der Waals surface area contributed by atoms with Gasteiger partial charge in [-0.3, -0.25) is 0 Å². The molecule has 0 amide bonds. The Hall–Kier alpha value is -0.590. The summed E-state index contributed by atoms with van der Waals surface area (Å²) in [5.74, 6) is -0.677. The highest BCUT2D eigenvalue weighted by Crippen LogP contribution is 2.21. The van der Waals surface area contributed by atoms with Crippen LogP contribution >= 0.6 is 0 Å². The van der Waals surface area contributed by atoms with E-state index in [1.54, 1.807) is 14.2 Å². The summed E-state index contributed by atoms with van der Waals surface area (Å²) in [5, 5.41) is 8.48. The lowest BCUT2D eigenvalue weighted by atomic mass is 10.1. The number of hydrogen-bond acceptors (Lipinski definition) is 3. The molecule has 0 heterocycles. The molecule has 0 saturated carbocycles. The Morgan fingerprint density at radius 1 is 1.36 bits per heavy atom. The van der Waals surface area contributed by atoms with E-state index >= 15 is 0 Å². The van der Waals surface area contributed by atoms with Gasteiger partial charge in [0.1, 0.15) is 0 Å². The van der Waals surface area contributed by atoms with Crippen LogP contribution in [-0.4, -0.2) is 20.0 Å². The number of ether oxygens (including phenoxy) is 2. The van der Waals surface area contributed by atoms with Crippen molar-refractivity contribution in [3.05, 3.63) is 0 Å². The zero-order chi connectivity index (χ0) is 8.74. The van der Waals surface area contributed by atoms with Gasteiger partial charge in [0, 0.05) is 20.6 Å². The molecule has 3 heteroatoms. The molecule has 0 rings (SSSR count). The lowest BCUT2D eigenvalue weighted by molar-refractivity contribution is -0.207. The van der Waals surface area contributed by atoms with E-state index in [1.165, 1.54) is 0 Å². The van der Waals surface area contributed by atoms with E-state index in [-0.39, 0.29) is 6.42 Å². The predicted octanol–water partition coefficient (Wildman–Crippen LogP) is 1.69. The second-order valence-electron chi connectivity index (χ2n) is 2.40. The van der Waals surface area contributed by atoms with Crippen LogP contribution in [-0.2, 0) is 9.47 Å². The number of nitriles is 1. The van der Waals surface area contributed by atoms with Crippen molar-refractivity contribution in [2.75, 3.05) is 14.2 Å². The van der Waals surface area contributed by atoms with Gasteiger partial charge in [-0.1, -0.05) is 13.3 Å². The Kier molecular flexibility index (Phi) is 4.84. The Bertz CT molecular complexity index is 136. The van der Waals surface area contributed by atoms with E-state index in [9.17, 15) is 0 Å². The SMILES string of the molecule is CCCC(CC#N)(OC)OC. The van der Waals surface area contributed by atoms with Crippen molar-refractivity contribution in [1.29, 1.82) is 5.26 Å². The van der Waals surface area contributed by atoms with E-state index in [1.807, 2.05) is 13.0 Å². The molecule has 0 aromatic heterocycles. The van der Waals surface area contributed by atoms with Crippen molar-refractivity contribution >= 4 is 0 Å². The summed E-state index contributed by atoms with van der Waals surface area (Å²) in [6.07, 6.45) is 1.99. The van der Waals surface area contributed by atoms with Gasteiger partial charge in [-0.2, -0.15) is 5.26 Å². The van der Waals surface area contributed by atoms with Gasteiger partial charge in [-0.05, 0) is 0 Å². The number of methoxy groups -OCH3 is 2. The van der Waals surface area contributed by atoms with Crippen LogP contribution in [0.1, 0.15) is 26.2 Å². The van der Waals surface area contributed by atoms with Crippen LogP contribution in [0.25, 0.3) is 0 Å². The van der Waals surface area contributed by atoms with Crippen LogP contribution in [0.4, 0.5) is 0 Å². The van der Waals surface area contributed by atoms with Crippen LogP contribution in [0.3, 0.4) is 0 Å². The van der Waals surface area contributed by atoms with E-state index in [0.29, 0.717) is 0 Å². The summed E-state index contributed by atoms with van der Waals surface area (Å²) in [5.41, 5.74) is 0. The third-order valence-corrected chi connectivity index (χ3v) is 1.72. The van der Waals surface area contributed by atoms with Crippen LogP contribution < -0.4 is 0 Å². The summed E-state index contributed by atoms with van der Waals surface area (Å²) in [6, 6.07) is 2.05.